The van der Waals surface area contributed by atoms with E-state index >= 15 is 0 Å². The highest BCUT2D eigenvalue weighted by atomic mass is 16.5. The average molecular weight is 399 g/mol. The first-order chi connectivity index (χ1) is 14.0. The van der Waals surface area contributed by atoms with Gasteiger partial charge in [-0.2, -0.15) is 5.10 Å². The van der Waals surface area contributed by atoms with E-state index in [1.165, 1.54) is 5.56 Å². The molecule has 29 heavy (non-hydrogen) atoms. The van der Waals surface area contributed by atoms with Crippen LogP contribution in [0.25, 0.3) is 0 Å². The second-order valence-corrected chi connectivity index (χ2v) is 7.35. The SMILES string of the molecule is CN=C(NCCOc1ccccc1C(C)C)N1CCN(c2cnn(C)c2)C(=O)C1. The molecule has 0 unspecified atom stereocenters. The molecule has 1 aromatic carbocycles. The Morgan fingerprint density at radius 2 is 2.10 bits per heavy atom. The van der Waals surface area contributed by atoms with Crippen molar-refractivity contribution in [1.82, 2.24) is 20.0 Å². The minimum absolute atomic E-state index is 0.0364. The van der Waals surface area contributed by atoms with Crippen molar-refractivity contribution in [3.8, 4) is 5.75 Å². The molecule has 0 radical (unpaired) electrons. The predicted octanol–water partition coefficient (Wildman–Crippen LogP) is 1.85. The standard InChI is InChI=1S/C21H30N6O2/c1-16(2)18-7-5-6-8-19(18)29-12-9-23-21(22-3)26-10-11-27(20(28)15-26)17-13-24-25(4)14-17/h5-8,13-14,16H,9-12,15H2,1-4H3,(H,22,23). The third-order valence-electron chi connectivity index (χ3n) is 4.92. The second kappa shape index (κ2) is 9.45. The van der Waals surface area contributed by atoms with Crippen LogP contribution in [-0.4, -0.2) is 66.4 Å². The number of benzene rings is 1. The summed E-state index contributed by atoms with van der Waals surface area (Å²) in [6.07, 6.45) is 3.57. The number of hydrogen-bond acceptors (Lipinski definition) is 4. The lowest BCUT2D eigenvalue weighted by atomic mass is 10.0. The van der Waals surface area contributed by atoms with E-state index in [1.54, 1.807) is 22.8 Å². The Bertz CT molecular complexity index is 860. The van der Waals surface area contributed by atoms with E-state index in [-0.39, 0.29) is 12.5 Å². The zero-order valence-electron chi connectivity index (χ0n) is 17.6. The highest BCUT2D eigenvalue weighted by Gasteiger charge is 2.27. The van der Waals surface area contributed by atoms with Gasteiger partial charge in [-0.1, -0.05) is 32.0 Å². The quantitative estimate of drug-likeness (QED) is 0.457. The number of ether oxygens (including phenoxy) is 1. The van der Waals surface area contributed by atoms with Gasteiger partial charge in [-0.25, -0.2) is 0 Å². The Hall–Kier alpha value is -3.03. The van der Waals surface area contributed by atoms with E-state index in [9.17, 15) is 4.79 Å². The molecule has 0 atom stereocenters. The van der Waals surface area contributed by atoms with Crippen LogP contribution in [0.2, 0.25) is 0 Å². The maximum atomic E-state index is 12.6. The molecule has 2 aromatic rings. The van der Waals surface area contributed by atoms with Crippen molar-refractivity contribution in [3.05, 3.63) is 42.2 Å². The molecular formula is C21H30N6O2. The van der Waals surface area contributed by atoms with Crippen LogP contribution in [-0.2, 0) is 11.8 Å². The summed E-state index contributed by atoms with van der Waals surface area (Å²) in [5.74, 6) is 2.08. The van der Waals surface area contributed by atoms with Crippen molar-refractivity contribution in [3.63, 3.8) is 0 Å². The molecule has 0 spiro atoms. The van der Waals surface area contributed by atoms with Crippen molar-refractivity contribution >= 4 is 17.6 Å². The fraction of sp³-hybridized carbons (Fsp3) is 0.476. The van der Waals surface area contributed by atoms with Crippen LogP contribution in [0.5, 0.6) is 5.75 Å². The third kappa shape index (κ3) is 5.07. The number of nitrogens with zero attached hydrogens (tertiary/aromatic N) is 5. The van der Waals surface area contributed by atoms with Gasteiger partial charge in [0.1, 0.15) is 18.9 Å². The maximum absolute atomic E-state index is 12.6. The van der Waals surface area contributed by atoms with Gasteiger partial charge in [0.15, 0.2) is 5.96 Å². The van der Waals surface area contributed by atoms with Crippen molar-refractivity contribution in [2.45, 2.75) is 19.8 Å². The Balaban J connectivity index is 1.49. The van der Waals surface area contributed by atoms with E-state index in [4.69, 9.17) is 4.74 Å². The van der Waals surface area contributed by atoms with Crippen LogP contribution in [0.1, 0.15) is 25.3 Å². The average Bonchev–Trinajstić information content (AvgIpc) is 3.14. The fourth-order valence-corrected chi connectivity index (χ4v) is 3.42. The first kappa shape index (κ1) is 20.7. The third-order valence-corrected chi connectivity index (χ3v) is 4.92. The lowest BCUT2D eigenvalue weighted by Crippen LogP contribution is -2.55. The number of anilines is 1. The second-order valence-electron chi connectivity index (χ2n) is 7.35. The van der Waals surface area contributed by atoms with Crippen LogP contribution in [0.15, 0.2) is 41.7 Å². The van der Waals surface area contributed by atoms with Gasteiger partial charge >= 0.3 is 0 Å². The Morgan fingerprint density at radius 3 is 2.76 bits per heavy atom. The topological polar surface area (TPSA) is 75.0 Å². The van der Waals surface area contributed by atoms with Crippen molar-refractivity contribution in [2.24, 2.45) is 12.0 Å². The van der Waals surface area contributed by atoms with Gasteiger partial charge in [0.25, 0.3) is 0 Å². The number of aliphatic imine (C=N–C) groups is 1. The number of amides is 1. The molecule has 1 saturated heterocycles. The number of carbonyl (C=O) groups excluding carboxylic acids is 1. The van der Waals surface area contributed by atoms with Gasteiger partial charge in [-0.15, -0.1) is 0 Å². The zero-order chi connectivity index (χ0) is 20.8. The lowest BCUT2D eigenvalue weighted by molar-refractivity contribution is -0.120. The number of piperazine rings is 1. The summed E-state index contributed by atoms with van der Waals surface area (Å²) in [4.78, 5) is 20.7. The highest BCUT2D eigenvalue weighted by molar-refractivity contribution is 5.98. The zero-order valence-corrected chi connectivity index (χ0v) is 17.6. The molecule has 1 amide bonds. The van der Waals surface area contributed by atoms with E-state index in [0.29, 0.717) is 38.1 Å². The summed E-state index contributed by atoms with van der Waals surface area (Å²) in [6.45, 7) is 7.03. The largest absolute Gasteiger partial charge is 0.491 e. The maximum Gasteiger partial charge on any atom is 0.246 e. The Labute approximate surface area is 172 Å². The van der Waals surface area contributed by atoms with E-state index in [2.05, 4.69) is 35.3 Å². The summed E-state index contributed by atoms with van der Waals surface area (Å²) in [5.41, 5.74) is 2.03. The van der Waals surface area contributed by atoms with Crippen molar-refractivity contribution in [1.29, 1.82) is 0 Å². The summed E-state index contributed by atoms with van der Waals surface area (Å²) >= 11 is 0. The minimum Gasteiger partial charge on any atom is -0.491 e. The van der Waals surface area contributed by atoms with Gasteiger partial charge in [0, 0.05) is 33.4 Å². The van der Waals surface area contributed by atoms with Crippen LogP contribution in [0.4, 0.5) is 5.69 Å². The molecule has 0 aliphatic carbocycles. The molecule has 8 nitrogen and oxygen atoms in total. The number of para-hydroxylation sites is 1. The number of rotatable bonds is 6. The lowest BCUT2D eigenvalue weighted by Gasteiger charge is -2.35. The molecule has 1 fully saturated rings. The van der Waals surface area contributed by atoms with Crippen molar-refractivity contribution in [2.75, 3.05) is 44.7 Å². The molecule has 1 aliphatic rings. The van der Waals surface area contributed by atoms with Gasteiger partial charge in [-0.05, 0) is 17.5 Å². The van der Waals surface area contributed by atoms with Crippen LogP contribution < -0.4 is 15.0 Å². The van der Waals surface area contributed by atoms with E-state index in [0.717, 1.165) is 11.4 Å². The normalized spacial score (nSPS) is 15.2. The van der Waals surface area contributed by atoms with Crippen LogP contribution >= 0.6 is 0 Å². The van der Waals surface area contributed by atoms with Gasteiger partial charge in [-0.3, -0.25) is 14.5 Å². The number of aryl methyl sites for hydroxylation is 1. The first-order valence-corrected chi connectivity index (χ1v) is 9.96. The summed E-state index contributed by atoms with van der Waals surface area (Å²) in [7, 11) is 3.58. The Kier molecular flexibility index (Phi) is 6.74. The van der Waals surface area contributed by atoms with Crippen LogP contribution in [0.3, 0.4) is 0 Å². The smallest absolute Gasteiger partial charge is 0.246 e. The number of hydrogen-bond donors (Lipinski definition) is 1. The number of aromatic nitrogens is 2. The molecule has 1 N–H and O–H groups in total. The van der Waals surface area contributed by atoms with Crippen LogP contribution in [0, 0.1) is 0 Å². The van der Waals surface area contributed by atoms with Gasteiger partial charge < -0.3 is 19.9 Å². The van der Waals surface area contributed by atoms with E-state index < -0.39 is 0 Å². The predicted molar refractivity (Wildman–Crippen MR) is 115 cm³/mol. The molecule has 1 aromatic heterocycles. The molecular weight excluding hydrogens is 368 g/mol. The highest BCUT2D eigenvalue weighted by Crippen LogP contribution is 2.25. The summed E-state index contributed by atoms with van der Waals surface area (Å²) in [5, 5.41) is 7.45. The van der Waals surface area contributed by atoms with E-state index in [1.807, 2.05) is 36.3 Å². The Morgan fingerprint density at radius 1 is 1.31 bits per heavy atom. The molecule has 2 heterocycles. The van der Waals surface area contributed by atoms with Gasteiger partial charge in [0.2, 0.25) is 5.91 Å². The number of guanidine groups is 1. The molecule has 3 rings (SSSR count). The molecule has 8 heteroatoms. The summed E-state index contributed by atoms with van der Waals surface area (Å²) < 4.78 is 7.66. The fourth-order valence-electron chi connectivity index (χ4n) is 3.42. The van der Waals surface area contributed by atoms with Crippen molar-refractivity contribution < 1.29 is 9.53 Å². The molecule has 0 saturated carbocycles. The van der Waals surface area contributed by atoms with Gasteiger partial charge in [0.05, 0.1) is 18.4 Å². The molecule has 0 bridgehead atoms. The molecule has 156 valence electrons. The molecule has 1 aliphatic heterocycles. The summed E-state index contributed by atoms with van der Waals surface area (Å²) in [6, 6.07) is 8.12. The monoisotopic (exact) mass is 398 g/mol. The number of carbonyl (C=O) groups is 1. The first-order valence-electron chi connectivity index (χ1n) is 9.96. The number of nitrogens with one attached hydrogen (secondary N) is 1. The minimum atomic E-state index is 0.0364.